The van der Waals surface area contributed by atoms with Crippen LogP contribution in [0.3, 0.4) is 0 Å². The van der Waals surface area contributed by atoms with Crippen LogP contribution in [-0.4, -0.2) is 29.4 Å². The van der Waals surface area contributed by atoms with E-state index in [0.29, 0.717) is 22.7 Å². The van der Waals surface area contributed by atoms with Gasteiger partial charge in [-0.3, -0.25) is 14.6 Å². The summed E-state index contributed by atoms with van der Waals surface area (Å²) in [5.74, 6) is -0.425. The number of carbonyl (C=O) groups is 2. The minimum absolute atomic E-state index is 0. The van der Waals surface area contributed by atoms with Gasteiger partial charge in [0.1, 0.15) is 5.00 Å². The molecule has 2 heterocycles. The van der Waals surface area contributed by atoms with E-state index in [1.54, 1.807) is 18.3 Å². The van der Waals surface area contributed by atoms with Gasteiger partial charge in [0.25, 0.3) is 11.8 Å². The van der Waals surface area contributed by atoms with Gasteiger partial charge < -0.3 is 16.4 Å². The minimum atomic E-state index is -0.257. The lowest BCUT2D eigenvalue weighted by atomic mass is 9.95. The molecule has 0 fully saturated rings. The summed E-state index contributed by atoms with van der Waals surface area (Å²) in [5.41, 5.74) is 7.75. The van der Waals surface area contributed by atoms with Crippen LogP contribution in [0.5, 0.6) is 0 Å². The third-order valence-corrected chi connectivity index (χ3v) is 5.49. The summed E-state index contributed by atoms with van der Waals surface area (Å²) in [6.07, 6.45) is 7.13. The van der Waals surface area contributed by atoms with Gasteiger partial charge in [0.2, 0.25) is 0 Å². The van der Waals surface area contributed by atoms with E-state index < -0.39 is 0 Å². The Morgan fingerprint density at radius 2 is 2.00 bits per heavy atom. The van der Waals surface area contributed by atoms with E-state index in [9.17, 15) is 9.59 Å². The number of nitrogens with one attached hydrogen (secondary N) is 2. The van der Waals surface area contributed by atoms with Gasteiger partial charge in [-0.2, -0.15) is 0 Å². The fraction of sp³-hybridized carbons (Fsp3) is 0.389. The van der Waals surface area contributed by atoms with Gasteiger partial charge in [0, 0.05) is 29.9 Å². The molecular formula is C18H24Cl2N4O2S. The summed E-state index contributed by atoms with van der Waals surface area (Å²) in [6.45, 7) is 2.24. The van der Waals surface area contributed by atoms with Crippen LogP contribution in [0.15, 0.2) is 24.5 Å². The number of thiophene rings is 1. The second-order valence-corrected chi connectivity index (χ2v) is 7.33. The van der Waals surface area contributed by atoms with E-state index in [4.69, 9.17) is 5.73 Å². The molecule has 148 valence electrons. The number of rotatable bonds is 5. The third-order valence-electron chi connectivity index (χ3n) is 4.28. The number of aryl methyl sites for hydroxylation is 1. The summed E-state index contributed by atoms with van der Waals surface area (Å²) in [4.78, 5) is 30.4. The molecule has 3 rings (SSSR count). The lowest BCUT2D eigenvalue weighted by Gasteiger charge is -2.15. The van der Waals surface area contributed by atoms with E-state index in [1.807, 2.05) is 6.92 Å². The highest BCUT2D eigenvalue weighted by Crippen LogP contribution is 2.38. The average molecular weight is 431 g/mol. The minimum Gasteiger partial charge on any atom is -0.348 e. The first-order valence-electron chi connectivity index (χ1n) is 8.47. The van der Waals surface area contributed by atoms with Crippen molar-refractivity contribution in [1.82, 2.24) is 10.3 Å². The largest absolute Gasteiger partial charge is 0.348 e. The molecule has 0 unspecified atom stereocenters. The number of pyridine rings is 1. The van der Waals surface area contributed by atoms with Crippen LogP contribution in [0.1, 0.15) is 50.9 Å². The lowest BCUT2D eigenvalue weighted by molar-refractivity contribution is 0.0941. The van der Waals surface area contributed by atoms with Crippen molar-refractivity contribution < 1.29 is 9.59 Å². The molecule has 4 N–H and O–H groups in total. The molecule has 2 aromatic rings. The van der Waals surface area contributed by atoms with E-state index in [0.717, 1.165) is 31.2 Å². The smallest absolute Gasteiger partial charge is 0.257 e. The molecule has 0 aromatic carbocycles. The van der Waals surface area contributed by atoms with Crippen molar-refractivity contribution in [3.05, 3.63) is 46.1 Å². The highest BCUT2D eigenvalue weighted by Gasteiger charge is 2.27. The van der Waals surface area contributed by atoms with Crippen LogP contribution in [0.25, 0.3) is 0 Å². The number of carbonyl (C=O) groups excluding carboxylic acids is 2. The molecule has 1 aliphatic carbocycles. The monoisotopic (exact) mass is 430 g/mol. The first-order chi connectivity index (χ1) is 12.1. The van der Waals surface area contributed by atoms with Crippen LogP contribution >= 0.6 is 36.2 Å². The maximum atomic E-state index is 12.8. The van der Waals surface area contributed by atoms with E-state index in [2.05, 4.69) is 15.6 Å². The topological polar surface area (TPSA) is 97.1 Å². The Morgan fingerprint density at radius 3 is 2.67 bits per heavy atom. The van der Waals surface area contributed by atoms with Crippen molar-refractivity contribution in [1.29, 1.82) is 0 Å². The van der Waals surface area contributed by atoms with Crippen molar-refractivity contribution in [3.63, 3.8) is 0 Å². The molecule has 0 radical (unpaired) electrons. The van der Waals surface area contributed by atoms with Crippen LogP contribution in [0.2, 0.25) is 0 Å². The molecule has 2 amide bonds. The van der Waals surface area contributed by atoms with Gasteiger partial charge >= 0.3 is 0 Å². The van der Waals surface area contributed by atoms with Crippen LogP contribution < -0.4 is 16.4 Å². The Labute approximate surface area is 175 Å². The number of hydrogen-bond acceptors (Lipinski definition) is 5. The number of amides is 2. The molecule has 1 aliphatic rings. The predicted molar refractivity (Wildman–Crippen MR) is 114 cm³/mol. The summed E-state index contributed by atoms with van der Waals surface area (Å²) in [7, 11) is 0. The number of hydrogen-bond donors (Lipinski definition) is 3. The molecule has 9 heteroatoms. The summed E-state index contributed by atoms with van der Waals surface area (Å²) < 4.78 is 0. The van der Waals surface area contributed by atoms with Crippen molar-refractivity contribution in [2.75, 3.05) is 11.9 Å². The number of nitrogens with two attached hydrogens (primary N) is 1. The molecule has 0 spiro atoms. The molecule has 0 saturated heterocycles. The number of nitrogens with zero attached hydrogens (tertiary/aromatic N) is 1. The first kappa shape index (κ1) is 23.4. The summed E-state index contributed by atoms with van der Waals surface area (Å²) in [6, 6.07) is 3.30. The molecule has 2 aromatic heterocycles. The average Bonchev–Trinajstić information content (AvgIpc) is 3.00. The molecule has 1 atom stereocenters. The molecule has 6 nitrogen and oxygen atoms in total. The summed E-state index contributed by atoms with van der Waals surface area (Å²) >= 11 is 1.50. The van der Waals surface area contributed by atoms with Gasteiger partial charge in [-0.1, -0.05) is 0 Å². The van der Waals surface area contributed by atoms with Gasteiger partial charge in [0.05, 0.1) is 11.1 Å². The van der Waals surface area contributed by atoms with Gasteiger partial charge in [-0.25, -0.2) is 0 Å². The fourth-order valence-electron chi connectivity index (χ4n) is 2.92. The zero-order valence-electron chi connectivity index (χ0n) is 15.0. The molecule has 0 saturated carbocycles. The molecule has 27 heavy (non-hydrogen) atoms. The second kappa shape index (κ2) is 10.6. The number of halogens is 2. The third kappa shape index (κ3) is 5.42. The van der Waals surface area contributed by atoms with Crippen LogP contribution in [0, 0.1) is 0 Å². The predicted octanol–water partition coefficient (Wildman–Crippen LogP) is 3.19. The number of fused-ring (bicyclic) bond motifs is 1. The van der Waals surface area contributed by atoms with Crippen LogP contribution in [0.4, 0.5) is 5.00 Å². The Balaban J connectivity index is 0.00000182. The standard InChI is InChI=1S/C18H22N4O2S.2ClH/c1-11(9-19)21-17(24)15-13-6-2-3-7-14(13)25-18(15)22-16(23)12-5-4-8-20-10-12;;/h4-5,8,10-11H,2-3,6-7,9,19H2,1H3,(H,21,24)(H,22,23);2*1H/t11-;;/m0../s1. The maximum absolute atomic E-state index is 12.8. The maximum Gasteiger partial charge on any atom is 0.257 e. The molecular weight excluding hydrogens is 407 g/mol. The summed E-state index contributed by atoms with van der Waals surface area (Å²) in [5, 5.41) is 6.43. The van der Waals surface area contributed by atoms with Gasteiger partial charge in [0.15, 0.2) is 0 Å². The highest BCUT2D eigenvalue weighted by atomic mass is 35.5. The van der Waals surface area contributed by atoms with E-state index >= 15 is 0 Å². The Bertz CT molecular complexity index is 783. The fourth-order valence-corrected chi connectivity index (χ4v) is 4.20. The highest BCUT2D eigenvalue weighted by molar-refractivity contribution is 7.17. The van der Waals surface area contributed by atoms with Crippen molar-refractivity contribution >= 4 is 53.0 Å². The van der Waals surface area contributed by atoms with E-state index in [-0.39, 0.29) is 42.7 Å². The lowest BCUT2D eigenvalue weighted by Crippen LogP contribution is -2.38. The second-order valence-electron chi connectivity index (χ2n) is 6.22. The zero-order chi connectivity index (χ0) is 17.8. The zero-order valence-corrected chi connectivity index (χ0v) is 17.4. The Kier molecular flexibility index (Phi) is 9.18. The normalized spacial score (nSPS) is 13.4. The van der Waals surface area contributed by atoms with Gasteiger partial charge in [-0.15, -0.1) is 36.2 Å². The first-order valence-corrected chi connectivity index (χ1v) is 9.28. The number of aromatic nitrogens is 1. The number of anilines is 1. The Hall–Kier alpha value is -1.67. The van der Waals surface area contributed by atoms with E-state index in [1.165, 1.54) is 22.4 Å². The van der Waals surface area contributed by atoms with Crippen molar-refractivity contribution in [2.24, 2.45) is 5.73 Å². The Morgan fingerprint density at radius 1 is 1.26 bits per heavy atom. The quantitative estimate of drug-likeness (QED) is 0.677. The molecule has 0 bridgehead atoms. The van der Waals surface area contributed by atoms with Crippen LogP contribution in [-0.2, 0) is 12.8 Å². The van der Waals surface area contributed by atoms with Crippen molar-refractivity contribution in [3.8, 4) is 0 Å². The SMILES string of the molecule is C[C@@H](CN)NC(=O)c1c(NC(=O)c2cccnc2)sc2c1CCCC2.Cl.Cl. The van der Waals surface area contributed by atoms with Gasteiger partial charge in [-0.05, 0) is 50.3 Å². The van der Waals surface area contributed by atoms with Crippen molar-refractivity contribution in [2.45, 2.75) is 38.6 Å². The molecule has 0 aliphatic heterocycles.